The second-order valence-electron chi connectivity index (χ2n) is 10.8. The second-order valence-corrected chi connectivity index (χ2v) is 10.8. The number of benzene rings is 4. The van der Waals surface area contributed by atoms with Crippen LogP contribution in [0.25, 0.3) is 44.8 Å². The summed E-state index contributed by atoms with van der Waals surface area (Å²) in [4.78, 5) is 8.94. The summed E-state index contributed by atoms with van der Waals surface area (Å²) < 4.78 is 6.42. The monoisotopic (exact) mass is 737 g/mol. The van der Waals surface area contributed by atoms with Gasteiger partial charge in [0.05, 0.1) is 5.75 Å². The van der Waals surface area contributed by atoms with Gasteiger partial charge in [-0.2, -0.15) is 0 Å². The van der Waals surface area contributed by atoms with Crippen LogP contribution < -0.4 is 4.74 Å². The van der Waals surface area contributed by atoms with Crippen molar-refractivity contribution in [3.63, 3.8) is 0 Å². The number of hydrogen-bond donors (Lipinski definition) is 0. The molecule has 0 aliphatic carbocycles. The first-order valence-corrected chi connectivity index (χ1v) is 14.2. The fourth-order valence-corrected chi connectivity index (χ4v) is 5.23. The van der Waals surface area contributed by atoms with Crippen molar-refractivity contribution in [2.24, 2.45) is 0 Å². The SMILES string of the molecule is Cc1c[c-]c(-c2cc(C)c(C)cn2)cc1.Cc1cccnc1-c1[c-]cc2c(c1)Oc1cccc(C)c1-c1ccccc1-2.[Ir]. The number of aryl methyl sites for hydroxylation is 5. The largest absolute Gasteiger partial charge is 0.475 e. The van der Waals surface area contributed by atoms with Crippen LogP contribution >= 0.6 is 0 Å². The van der Waals surface area contributed by atoms with Crippen molar-refractivity contribution in [3.8, 4) is 56.3 Å². The molecule has 0 atom stereocenters. The Labute approximate surface area is 268 Å². The molecule has 0 saturated heterocycles. The van der Waals surface area contributed by atoms with Crippen molar-refractivity contribution >= 4 is 0 Å². The molecule has 2 aromatic heterocycles. The summed E-state index contributed by atoms with van der Waals surface area (Å²) in [6.45, 7) is 10.4. The van der Waals surface area contributed by atoms with Gasteiger partial charge in [-0.3, -0.25) is 0 Å². The Hall–Kier alpha value is -4.37. The zero-order valence-corrected chi connectivity index (χ0v) is 27.3. The summed E-state index contributed by atoms with van der Waals surface area (Å²) in [6, 6.07) is 37.7. The Morgan fingerprint density at radius 2 is 1.35 bits per heavy atom. The van der Waals surface area contributed by atoms with Crippen molar-refractivity contribution in [1.29, 1.82) is 0 Å². The van der Waals surface area contributed by atoms with Crippen molar-refractivity contribution < 1.29 is 24.8 Å². The van der Waals surface area contributed by atoms with Crippen molar-refractivity contribution in [2.75, 3.05) is 0 Å². The van der Waals surface area contributed by atoms with Crippen LogP contribution in [-0.2, 0) is 20.1 Å². The Kier molecular flexibility index (Phi) is 9.01. The van der Waals surface area contributed by atoms with Gasteiger partial charge in [-0.1, -0.05) is 78.2 Å². The fourth-order valence-electron chi connectivity index (χ4n) is 5.23. The van der Waals surface area contributed by atoms with Gasteiger partial charge in [0.25, 0.3) is 0 Å². The number of ether oxygens (including phenoxy) is 1. The number of fused-ring (bicyclic) bond motifs is 5. The molecule has 1 aliphatic heterocycles. The summed E-state index contributed by atoms with van der Waals surface area (Å²) in [5, 5.41) is 0. The van der Waals surface area contributed by atoms with E-state index in [1.165, 1.54) is 33.4 Å². The molecule has 215 valence electrons. The number of hydrogen-bond acceptors (Lipinski definition) is 3. The molecule has 0 saturated carbocycles. The van der Waals surface area contributed by atoms with Gasteiger partial charge >= 0.3 is 0 Å². The van der Waals surface area contributed by atoms with Gasteiger partial charge in [0.2, 0.25) is 0 Å². The quantitative estimate of drug-likeness (QED) is 0.166. The standard InChI is InChI=1S/C25H18NO.C14H14N.Ir/c1-16-7-5-11-22-24(16)21-10-4-3-9-19(21)20-13-12-18(15-23(20)27-22)25-17(2)8-6-14-26-25;1-10-4-6-13(7-5-10)14-8-11(2)12(3)9-15-14;/h3-11,13-15H,1-2H3;4-6,8-9H,1-3H3;/q2*-1;. The van der Waals surface area contributed by atoms with Crippen LogP contribution in [0.3, 0.4) is 0 Å². The van der Waals surface area contributed by atoms with Gasteiger partial charge < -0.3 is 14.7 Å². The zero-order valence-electron chi connectivity index (χ0n) is 25.0. The third-order valence-corrected chi connectivity index (χ3v) is 7.74. The predicted octanol–water partition coefficient (Wildman–Crippen LogP) is 10.1. The van der Waals surface area contributed by atoms with Crippen LogP contribution in [0.5, 0.6) is 11.5 Å². The molecular weight excluding hydrogens is 705 g/mol. The summed E-state index contributed by atoms with van der Waals surface area (Å²) >= 11 is 0. The molecule has 1 aliphatic rings. The minimum atomic E-state index is 0. The average Bonchev–Trinajstić information content (AvgIpc) is 3.14. The van der Waals surface area contributed by atoms with E-state index >= 15 is 0 Å². The minimum absolute atomic E-state index is 0. The molecular formula is C39H32IrN2O-2. The first-order valence-electron chi connectivity index (χ1n) is 14.2. The summed E-state index contributed by atoms with van der Waals surface area (Å²) in [5.41, 5.74) is 14.6. The molecule has 6 aromatic rings. The van der Waals surface area contributed by atoms with Gasteiger partial charge in [-0.25, -0.2) is 0 Å². The van der Waals surface area contributed by atoms with Gasteiger partial charge in [0.1, 0.15) is 5.75 Å². The Morgan fingerprint density at radius 3 is 2.09 bits per heavy atom. The summed E-state index contributed by atoms with van der Waals surface area (Å²) in [5.74, 6) is 1.72. The fraction of sp³-hybridized carbons (Fsp3) is 0.128. The van der Waals surface area contributed by atoms with Crippen LogP contribution in [0, 0.1) is 46.8 Å². The van der Waals surface area contributed by atoms with E-state index < -0.39 is 0 Å². The van der Waals surface area contributed by atoms with Gasteiger partial charge in [-0.15, -0.1) is 53.1 Å². The Bertz CT molecular complexity index is 1910. The third-order valence-electron chi connectivity index (χ3n) is 7.74. The number of nitrogens with zero attached hydrogens (tertiary/aromatic N) is 2. The molecule has 0 fully saturated rings. The predicted molar refractivity (Wildman–Crippen MR) is 172 cm³/mol. The Balaban J connectivity index is 0.000000197. The first-order chi connectivity index (χ1) is 20.4. The topological polar surface area (TPSA) is 35.0 Å². The van der Waals surface area contributed by atoms with Crippen molar-refractivity contribution in [1.82, 2.24) is 9.97 Å². The van der Waals surface area contributed by atoms with E-state index in [1.807, 2.05) is 42.7 Å². The molecule has 4 heteroatoms. The summed E-state index contributed by atoms with van der Waals surface area (Å²) in [6.07, 6.45) is 3.73. The molecule has 0 N–H and O–H groups in total. The normalized spacial score (nSPS) is 10.9. The molecule has 0 spiro atoms. The molecule has 1 radical (unpaired) electrons. The number of rotatable bonds is 2. The molecule has 3 nitrogen and oxygen atoms in total. The minimum Gasteiger partial charge on any atom is -0.475 e. The Morgan fingerprint density at radius 1 is 0.581 bits per heavy atom. The van der Waals surface area contributed by atoms with Gasteiger partial charge in [0, 0.05) is 38.1 Å². The average molecular weight is 737 g/mol. The molecule has 43 heavy (non-hydrogen) atoms. The van der Waals surface area contributed by atoms with Crippen molar-refractivity contribution in [2.45, 2.75) is 34.6 Å². The zero-order chi connectivity index (χ0) is 29.2. The smallest absolute Gasteiger partial charge is 0.133 e. The van der Waals surface area contributed by atoms with Gasteiger partial charge in [-0.05, 0) is 73.5 Å². The maximum atomic E-state index is 6.42. The van der Waals surface area contributed by atoms with Crippen molar-refractivity contribution in [3.05, 3.63) is 143 Å². The van der Waals surface area contributed by atoms with E-state index in [1.54, 1.807) is 0 Å². The van der Waals surface area contributed by atoms with E-state index in [0.29, 0.717) is 0 Å². The summed E-state index contributed by atoms with van der Waals surface area (Å²) in [7, 11) is 0. The number of pyridine rings is 2. The van der Waals surface area contributed by atoms with Crippen LogP contribution in [0.2, 0.25) is 0 Å². The van der Waals surface area contributed by atoms with Crippen LogP contribution in [0.15, 0.2) is 103 Å². The van der Waals surface area contributed by atoms with Crippen LogP contribution in [0.1, 0.15) is 27.8 Å². The molecule has 0 unspecified atom stereocenters. The third kappa shape index (κ3) is 6.22. The van der Waals surface area contributed by atoms with E-state index in [9.17, 15) is 0 Å². The number of aromatic nitrogens is 2. The molecule has 0 amide bonds. The van der Waals surface area contributed by atoms with Gasteiger partial charge in [0.15, 0.2) is 0 Å². The molecule has 7 rings (SSSR count). The maximum Gasteiger partial charge on any atom is 0.133 e. The van der Waals surface area contributed by atoms with E-state index in [4.69, 9.17) is 4.74 Å². The van der Waals surface area contributed by atoms with E-state index in [0.717, 1.165) is 50.7 Å². The van der Waals surface area contributed by atoms with E-state index in [-0.39, 0.29) is 20.1 Å². The van der Waals surface area contributed by atoms with Crippen LogP contribution in [-0.4, -0.2) is 9.97 Å². The van der Waals surface area contributed by atoms with E-state index in [2.05, 4.69) is 117 Å². The van der Waals surface area contributed by atoms with Crippen LogP contribution in [0.4, 0.5) is 0 Å². The molecule has 4 aromatic carbocycles. The first kappa shape index (κ1) is 30.1. The maximum absolute atomic E-state index is 6.42. The molecule has 0 bridgehead atoms. The molecule has 3 heterocycles. The second kappa shape index (κ2) is 12.9.